The van der Waals surface area contributed by atoms with E-state index in [1.54, 1.807) is 35.0 Å². The van der Waals surface area contributed by atoms with Gasteiger partial charge in [0, 0.05) is 55.9 Å². The second kappa shape index (κ2) is 12.0. The Hall–Kier alpha value is -3.13. The summed E-state index contributed by atoms with van der Waals surface area (Å²) in [5, 5.41) is 4.20. The summed E-state index contributed by atoms with van der Waals surface area (Å²) in [7, 11) is 1.91. The minimum absolute atomic E-state index is 0.0551. The number of amides is 2. The van der Waals surface area contributed by atoms with E-state index in [4.69, 9.17) is 0 Å². The van der Waals surface area contributed by atoms with Crippen LogP contribution < -0.4 is 0 Å². The van der Waals surface area contributed by atoms with Crippen LogP contribution in [0.5, 0.6) is 0 Å². The number of hydrogen-bond donors (Lipinski definition) is 0. The summed E-state index contributed by atoms with van der Waals surface area (Å²) < 4.78 is 1.67. The highest BCUT2D eigenvalue weighted by Gasteiger charge is 2.33. The molecule has 3 heterocycles. The van der Waals surface area contributed by atoms with Crippen LogP contribution in [0.4, 0.5) is 0 Å². The van der Waals surface area contributed by atoms with Gasteiger partial charge in [-0.3, -0.25) is 19.3 Å². The third-order valence-corrected chi connectivity index (χ3v) is 7.88. The van der Waals surface area contributed by atoms with Gasteiger partial charge in [-0.05, 0) is 61.4 Å². The van der Waals surface area contributed by atoms with Gasteiger partial charge in [-0.15, -0.1) is 11.8 Å². The molecule has 0 N–H and O–H groups in total. The molecule has 0 saturated carbocycles. The molecule has 1 fully saturated rings. The number of nitrogens with zero attached hydrogens (tertiary/aromatic N) is 5. The van der Waals surface area contributed by atoms with E-state index in [9.17, 15) is 9.59 Å². The van der Waals surface area contributed by atoms with E-state index in [-0.39, 0.29) is 24.4 Å². The van der Waals surface area contributed by atoms with Crippen LogP contribution >= 0.6 is 11.8 Å². The lowest BCUT2D eigenvalue weighted by Gasteiger charge is -2.40. The van der Waals surface area contributed by atoms with Crippen molar-refractivity contribution in [2.24, 2.45) is 5.92 Å². The van der Waals surface area contributed by atoms with Crippen LogP contribution in [0.1, 0.15) is 24.0 Å². The van der Waals surface area contributed by atoms with Crippen molar-refractivity contribution in [1.82, 2.24) is 24.6 Å². The molecule has 1 aromatic carbocycles. The quantitative estimate of drug-likeness (QED) is 0.427. The summed E-state index contributed by atoms with van der Waals surface area (Å²) in [6.45, 7) is 3.81. The van der Waals surface area contributed by atoms with Crippen molar-refractivity contribution in [3.8, 4) is 0 Å². The van der Waals surface area contributed by atoms with Gasteiger partial charge >= 0.3 is 0 Å². The van der Waals surface area contributed by atoms with E-state index in [0.717, 1.165) is 37.2 Å². The molecule has 2 aromatic heterocycles. The zero-order valence-electron chi connectivity index (χ0n) is 20.4. The highest BCUT2D eigenvalue weighted by molar-refractivity contribution is 8.00. The molecule has 184 valence electrons. The number of rotatable bonds is 9. The summed E-state index contributed by atoms with van der Waals surface area (Å²) in [6.07, 6.45) is 9.59. The standard InChI is InChI=1S/C27H33N5O2S/c1-21-6-3-4-7-23(21)18-25(30(2)26(33)19-32-15-5-12-29-32)22-10-16-31(17-11-22)27(34)20-35-24-8-13-28-14-9-24/h3-9,12-15,22,25H,10-11,16-20H2,1-2H3/t25-/m1/s1. The van der Waals surface area contributed by atoms with Gasteiger partial charge in [0.15, 0.2) is 0 Å². The van der Waals surface area contributed by atoms with Crippen molar-refractivity contribution in [3.05, 3.63) is 78.4 Å². The molecule has 0 radical (unpaired) electrons. The van der Waals surface area contributed by atoms with Crippen LogP contribution in [0.3, 0.4) is 0 Å². The lowest BCUT2D eigenvalue weighted by molar-refractivity contribution is -0.136. The highest BCUT2D eigenvalue weighted by atomic mass is 32.2. The number of carbonyl (C=O) groups is 2. The number of hydrogen-bond acceptors (Lipinski definition) is 5. The highest BCUT2D eigenvalue weighted by Crippen LogP contribution is 2.28. The fourth-order valence-electron chi connectivity index (χ4n) is 4.72. The predicted octanol–water partition coefficient (Wildman–Crippen LogP) is 3.69. The van der Waals surface area contributed by atoms with E-state index in [2.05, 4.69) is 41.3 Å². The lowest BCUT2D eigenvalue weighted by atomic mass is 9.84. The van der Waals surface area contributed by atoms with Crippen molar-refractivity contribution in [1.29, 1.82) is 0 Å². The van der Waals surface area contributed by atoms with Gasteiger partial charge in [0.05, 0.1) is 5.75 Å². The third kappa shape index (κ3) is 6.72. The van der Waals surface area contributed by atoms with Gasteiger partial charge < -0.3 is 9.80 Å². The Balaban J connectivity index is 1.40. The molecule has 4 rings (SSSR count). The summed E-state index contributed by atoms with van der Waals surface area (Å²) in [5.74, 6) is 0.991. The van der Waals surface area contributed by atoms with Crippen LogP contribution in [-0.4, -0.2) is 68.3 Å². The van der Waals surface area contributed by atoms with Crippen LogP contribution in [0.2, 0.25) is 0 Å². The van der Waals surface area contributed by atoms with Gasteiger partial charge in [-0.1, -0.05) is 24.3 Å². The summed E-state index contributed by atoms with van der Waals surface area (Å²) in [6, 6.07) is 14.1. The number of aryl methyl sites for hydroxylation is 1. The van der Waals surface area contributed by atoms with E-state index >= 15 is 0 Å². The molecule has 35 heavy (non-hydrogen) atoms. The summed E-state index contributed by atoms with van der Waals surface area (Å²) in [5.41, 5.74) is 2.51. The number of aromatic nitrogens is 3. The Morgan fingerprint density at radius 3 is 2.51 bits per heavy atom. The maximum absolute atomic E-state index is 13.2. The van der Waals surface area contributed by atoms with E-state index in [1.165, 1.54) is 11.1 Å². The monoisotopic (exact) mass is 491 g/mol. The second-order valence-electron chi connectivity index (χ2n) is 9.10. The van der Waals surface area contributed by atoms with Crippen molar-refractivity contribution < 1.29 is 9.59 Å². The summed E-state index contributed by atoms with van der Waals surface area (Å²) >= 11 is 1.55. The Morgan fingerprint density at radius 2 is 1.83 bits per heavy atom. The molecule has 1 aliphatic rings. The normalized spacial score (nSPS) is 15.1. The lowest BCUT2D eigenvalue weighted by Crippen LogP contribution is -2.49. The smallest absolute Gasteiger partial charge is 0.244 e. The molecule has 0 spiro atoms. The molecule has 7 nitrogen and oxygen atoms in total. The molecule has 8 heteroatoms. The van der Waals surface area contributed by atoms with Gasteiger partial charge in [0.25, 0.3) is 0 Å². The first-order chi connectivity index (χ1) is 17.0. The first-order valence-corrected chi connectivity index (χ1v) is 13.1. The maximum Gasteiger partial charge on any atom is 0.244 e. The minimum atomic E-state index is 0.0551. The van der Waals surface area contributed by atoms with E-state index in [1.807, 2.05) is 41.2 Å². The van der Waals surface area contributed by atoms with Crippen LogP contribution in [0.25, 0.3) is 0 Å². The van der Waals surface area contributed by atoms with Crippen molar-refractivity contribution in [3.63, 3.8) is 0 Å². The Morgan fingerprint density at radius 1 is 1.09 bits per heavy atom. The largest absolute Gasteiger partial charge is 0.342 e. The fourth-order valence-corrected chi connectivity index (χ4v) is 5.50. The van der Waals surface area contributed by atoms with Crippen LogP contribution in [0, 0.1) is 12.8 Å². The zero-order chi connectivity index (χ0) is 24.6. The summed E-state index contributed by atoms with van der Waals surface area (Å²) in [4.78, 5) is 34.9. The maximum atomic E-state index is 13.2. The molecule has 1 saturated heterocycles. The fraction of sp³-hybridized carbons (Fsp3) is 0.407. The zero-order valence-corrected chi connectivity index (χ0v) is 21.2. The SMILES string of the molecule is Cc1ccccc1C[C@H](C1CCN(C(=O)CSc2ccncc2)CC1)N(C)C(=O)Cn1cccn1. The van der Waals surface area contributed by atoms with Crippen molar-refractivity contribution in [2.45, 2.75) is 43.7 Å². The van der Waals surface area contributed by atoms with Gasteiger partial charge in [-0.2, -0.15) is 5.10 Å². The second-order valence-corrected chi connectivity index (χ2v) is 10.1. The molecule has 2 amide bonds. The number of piperidine rings is 1. The average Bonchev–Trinajstić information content (AvgIpc) is 3.40. The van der Waals surface area contributed by atoms with Gasteiger partial charge in [-0.25, -0.2) is 0 Å². The number of pyridine rings is 1. The number of thioether (sulfide) groups is 1. The molecule has 3 aromatic rings. The number of carbonyl (C=O) groups excluding carboxylic acids is 2. The first kappa shape index (κ1) is 25.0. The minimum Gasteiger partial charge on any atom is -0.342 e. The predicted molar refractivity (Wildman–Crippen MR) is 138 cm³/mol. The van der Waals surface area contributed by atoms with E-state index in [0.29, 0.717) is 11.7 Å². The Labute approximate surface area is 211 Å². The third-order valence-electron chi connectivity index (χ3n) is 6.89. The van der Waals surface area contributed by atoms with Crippen molar-refractivity contribution in [2.75, 3.05) is 25.9 Å². The van der Waals surface area contributed by atoms with Gasteiger partial charge in [0.2, 0.25) is 11.8 Å². The van der Waals surface area contributed by atoms with Crippen LogP contribution in [0.15, 0.2) is 72.1 Å². The Kier molecular flexibility index (Phi) is 8.58. The van der Waals surface area contributed by atoms with Crippen molar-refractivity contribution >= 4 is 23.6 Å². The number of likely N-dealkylation sites (N-methyl/N-ethyl adjacent to an activating group) is 1. The molecular formula is C27H33N5O2S. The van der Waals surface area contributed by atoms with Gasteiger partial charge in [0.1, 0.15) is 6.54 Å². The molecular weight excluding hydrogens is 458 g/mol. The molecule has 1 atom stereocenters. The molecule has 0 unspecified atom stereocenters. The first-order valence-electron chi connectivity index (χ1n) is 12.1. The van der Waals surface area contributed by atoms with Crippen LogP contribution in [-0.2, 0) is 22.6 Å². The molecule has 0 bridgehead atoms. The Bertz CT molecular complexity index is 1100. The number of likely N-dealkylation sites (tertiary alicyclic amines) is 1. The van der Waals surface area contributed by atoms with E-state index < -0.39 is 0 Å². The topological polar surface area (TPSA) is 71.3 Å². The molecule has 0 aliphatic carbocycles. The molecule has 1 aliphatic heterocycles. The average molecular weight is 492 g/mol. The number of benzene rings is 1.